The van der Waals surface area contributed by atoms with Crippen molar-refractivity contribution >= 4 is 35.0 Å². The van der Waals surface area contributed by atoms with E-state index >= 15 is 0 Å². The summed E-state index contributed by atoms with van der Waals surface area (Å²) in [6.45, 7) is 0.678. The third-order valence-electron chi connectivity index (χ3n) is 6.44. The van der Waals surface area contributed by atoms with Gasteiger partial charge in [-0.15, -0.1) is 0 Å². The zero-order chi connectivity index (χ0) is 22.0. The molecule has 0 unspecified atom stereocenters. The first-order chi connectivity index (χ1) is 14.9. The smallest absolute Gasteiger partial charge is 0.254 e. The first-order valence-corrected chi connectivity index (χ1v) is 11.9. The molecule has 0 atom stereocenters. The van der Waals surface area contributed by atoms with Gasteiger partial charge in [-0.3, -0.25) is 9.59 Å². The van der Waals surface area contributed by atoms with Crippen LogP contribution < -0.4 is 0 Å². The standard InChI is InChI=1S/C24H29Cl2N3O2/c1-27-13-5-8-20(27)15-28(19-10-11-19)23(30)16-29(18-6-3-2-4-7-18)24(31)17-9-12-21(25)22(26)14-17/h5,8-9,12-14,18-19H,2-4,6-7,10-11,15-16H2,1H3. The van der Waals surface area contributed by atoms with E-state index < -0.39 is 0 Å². The summed E-state index contributed by atoms with van der Waals surface area (Å²) in [4.78, 5) is 30.7. The Labute approximate surface area is 193 Å². The molecule has 0 N–H and O–H groups in total. The lowest BCUT2D eigenvalue weighted by Gasteiger charge is -2.35. The monoisotopic (exact) mass is 461 g/mol. The van der Waals surface area contributed by atoms with Crippen molar-refractivity contribution in [2.75, 3.05) is 6.54 Å². The third-order valence-corrected chi connectivity index (χ3v) is 7.18. The summed E-state index contributed by atoms with van der Waals surface area (Å²) in [6, 6.07) is 9.33. The van der Waals surface area contributed by atoms with Gasteiger partial charge < -0.3 is 14.4 Å². The number of hydrogen-bond acceptors (Lipinski definition) is 2. The van der Waals surface area contributed by atoms with Gasteiger partial charge in [0.25, 0.3) is 5.91 Å². The Balaban J connectivity index is 1.55. The molecular weight excluding hydrogens is 433 g/mol. The molecule has 2 fully saturated rings. The van der Waals surface area contributed by atoms with Crippen molar-refractivity contribution in [1.29, 1.82) is 0 Å². The van der Waals surface area contributed by atoms with Gasteiger partial charge in [-0.2, -0.15) is 0 Å². The number of rotatable bonds is 7. The fraction of sp³-hybridized carbons (Fsp3) is 0.500. The molecule has 0 bridgehead atoms. The van der Waals surface area contributed by atoms with Crippen molar-refractivity contribution in [2.24, 2.45) is 7.05 Å². The highest BCUT2D eigenvalue weighted by atomic mass is 35.5. The van der Waals surface area contributed by atoms with Crippen molar-refractivity contribution in [3.05, 3.63) is 57.8 Å². The van der Waals surface area contributed by atoms with Gasteiger partial charge in [-0.25, -0.2) is 0 Å². The molecule has 166 valence electrons. The van der Waals surface area contributed by atoms with Crippen molar-refractivity contribution < 1.29 is 9.59 Å². The number of amides is 2. The van der Waals surface area contributed by atoms with Gasteiger partial charge in [0.1, 0.15) is 6.54 Å². The average molecular weight is 462 g/mol. The molecule has 7 heteroatoms. The maximum atomic E-state index is 13.5. The van der Waals surface area contributed by atoms with Crippen LogP contribution in [-0.2, 0) is 18.4 Å². The number of nitrogens with zero attached hydrogens (tertiary/aromatic N) is 3. The molecule has 31 heavy (non-hydrogen) atoms. The van der Waals surface area contributed by atoms with Crippen molar-refractivity contribution in [2.45, 2.75) is 63.6 Å². The van der Waals surface area contributed by atoms with Crippen molar-refractivity contribution in [3.8, 4) is 0 Å². The van der Waals surface area contributed by atoms with Crippen LogP contribution in [0.4, 0.5) is 0 Å². The van der Waals surface area contributed by atoms with Crippen LogP contribution in [0, 0.1) is 0 Å². The second kappa shape index (κ2) is 9.66. The molecule has 5 nitrogen and oxygen atoms in total. The first kappa shape index (κ1) is 22.2. The zero-order valence-corrected chi connectivity index (χ0v) is 19.4. The summed E-state index contributed by atoms with van der Waals surface area (Å²) in [5, 5.41) is 0.770. The minimum absolute atomic E-state index is 0.0164. The lowest BCUT2D eigenvalue weighted by Crippen LogP contribution is -2.48. The SMILES string of the molecule is Cn1cccc1CN(C(=O)CN(C(=O)c1ccc(Cl)c(Cl)c1)C1CCCCC1)C1CC1. The normalized spacial score (nSPS) is 16.9. The number of halogens is 2. The quantitative estimate of drug-likeness (QED) is 0.561. The molecule has 2 saturated carbocycles. The number of benzene rings is 1. The largest absolute Gasteiger partial charge is 0.353 e. The second-order valence-electron chi connectivity index (χ2n) is 8.72. The summed E-state index contributed by atoms with van der Waals surface area (Å²) in [7, 11) is 1.99. The van der Waals surface area contributed by atoms with Gasteiger partial charge in [0.2, 0.25) is 5.91 Å². The lowest BCUT2D eigenvalue weighted by molar-refractivity contribution is -0.133. The van der Waals surface area contributed by atoms with Gasteiger partial charge in [0, 0.05) is 36.6 Å². The summed E-state index contributed by atoms with van der Waals surface area (Å²) in [5.74, 6) is -0.129. The number of aromatic nitrogens is 1. The highest BCUT2D eigenvalue weighted by Crippen LogP contribution is 2.30. The second-order valence-corrected chi connectivity index (χ2v) is 9.53. The summed E-state index contributed by atoms with van der Waals surface area (Å²) in [5.41, 5.74) is 1.58. The Morgan fingerprint density at radius 1 is 0.968 bits per heavy atom. The van der Waals surface area contributed by atoms with Gasteiger partial charge in [-0.05, 0) is 56.0 Å². The van der Waals surface area contributed by atoms with E-state index in [0.717, 1.165) is 44.2 Å². The highest BCUT2D eigenvalue weighted by molar-refractivity contribution is 6.42. The summed E-state index contributed by atoms with van der Waals surface area (Å²) in [6.07, 6.45) is 9.26. The Hall–Kier alpha value is -1.98. The molecule has 4 rings (SSSR count). The molecule has 1 heterocycles. The van der Waals surface area contributed by atoms with E-state index in [2.05, 4.69) is 0 Å². The van der Waals surface area contributed by atoms with Crippen LogP contribution in [0.15, 0.2) is 36.5 Å². The lowest BCUT2D eigenvalue weighted by atomic mass is 9.93. The predicted octanol–water partition coefficient (Wildman–Crippen LogP) is 5.30. The number of aryl methyl sites for hydroxylation is 1. The van der Waals surface area contributed by atoms with Gasteiger partial charge >= 0.3 is 0 Å². The van der Waals surface area contributed by atoms with Crippen LogP contribution in [-0.4, -0.2) is 44.8 Å². The molecule has 0 spiro atoms. The van der Waals surface area contributed by atoms with Crippen LogP contribution in [0.2, 0.25) is 10.0 Å². The minimum atomic E-state index is -0.145. The fourth-order valence-electron chi connectivity index (χ4n) is 4.43. The summed E-state index contributed by atoms with van der Waals surface area (Å²) < 4.78 is 2.04. The average Bonchev–Trinajstić information content (AvgIpc) is 3.53. The Morgan fingerprint density at radius 2 is 1.68 bits per heavy atom. The maximum Gasteiger partial charge on any atom is 0.254 e. The number of carbonyl (C=O) groups is 2. The topological polar surface area (TPSA) is 45.6 Å². The Kier molecular flexibility index (Phi) is 6.92. The predicted molar refractivity (Wildman–Crippen MR) is 123 cm³/mol. The molecule has 2 amide bonds. The fourth-order valence-corrected chi connectivity index (χ4v) is 4.73. The first-order valence-electron chi connectivity index (χ1n) is 11.1. The molecule has 0 saturated heterocycles. The zero-order valence-electron chi connectivity index (χ0n) is 17.9. The van der Waals surface area contributed by atoms with E-state index in [9.17, 15) is 9.59 Å². The number of carbonyl (C=O) groups excluding carboxylic acids is 2. The number of hydrogen-bond donors (Lipinski definition) is 0. The van der Waals surface area contributed by atoms with E-state index in [4.69, 9.17) is 23.2 Å². The van der Waals surface area contributed by atoms with E-state index in [-0.39, 0.29) is 30.4 Å². The molecular formula is C24H29Cl2N3O2. The maximum absolute atomic E-state index is 13.5. The van der Waals surface area contributed by atoms with E-state index in [1.54, 1.807) is 23.1 Å². The van der Waals surface area contributed by atoms with Crippen LogP contribution in [0.1, 0.15) is 61.0 Å². The van der Waals surface area contributed by atoms with E-state index in [1.807, 2.05) is 34.8 Å². The summed E-state index contributed by atoms with van der Waals surface area (Å²) >= 11 is 12.2. The highest BCUT2D eigenvalue weighted by Gasteiger charge is 2.36. The van der Waals surface area contributed by atoms with Crippen molar-refractivity contribution in [3.63, 3.8) is 0 Å². The van der Waals surface area contributed by atoms with Crippen molar-refractivity contribution in [1.82, 2.24) is 14.4 Å². The van der Waals surface area contributed by atoms with Crippen LogP contribution in [0.25, 0.3) is 0 Å². The Bertz CT molecular complexity index is 948. The van der Waals surface area contributed by atoms with Gasteiger partial charge in [0.15, 0.2) is 0 Å². The molecule has 0 aliphatic heterocycles. The molecule has 2 aliphatic rings. The molecule has 2 aliphatic carbocycles. The van der Waals surface area contributed by atoms with E-state index in [0.29, 0.717) is 22.2 Å². The van der Waals surface area contributed by atoms with Gasteiger partial charge in [0.05, 0.1) is 16.6 Å². The third kappa shape index (κ3) is 5.27. The van der Waals surface area contributed by atoms with Crippen LogP contribution in [0.5, 0.6) is 0 Å². The van der Waals surface area contributed by atoms with Crippen LogP contribution >= 0.6 is 23.2 Å². The Morgan fingerprint density at radius 3 is 2.29 bits per heavy atom. The van der Waals surface area contributed by atoms with E-state index in [1.165, 1.54) is 6.42 Å². The van der Waals surface area contributed by atoms with Gasteiger partial charge in [-0.1, -0.05) is 42.5 Å². The molecule has 1 aromatic heterocycles. The molecule has 2 aromatic rings. The van der Waals surface area contributed by atoms with Crippen LogP contribution in [0.3, 0.4) is 0 Å². The molecule has 0 radical (unpaired) electrons. The molecule has 1 aromatic carbocycles. The minimum Gasteiger partial charge on any atom is -0.353 e.